The molecule has 0 bridgehead atoms. The lowest BCUT2D eigenvalue weighted by molar-refractivity contribution is 0.0426. The van der Waals surface area contributed by atoms with Gasteiger partial charge in [0.1, 0.15) is 23.0 Å². The minimum atomic E-state index is -3.17. The Bertz CT molecular complexity index is 1370. The van der Waals surface area contributed by atoms with Gasteiger partial charge in [-0.05, 0) is 91.3 Å². The molecule has 0 aromatic heterocycles. The van der Waals surface area contributed by atoms with E-state index in [4.69, 9.17) is 13.7 Å². The van der Waals surface area contributed by atoms with Gasteiger partial charge in [0.2, 0.25) is 24.9 Å². The molecule has 220 valence electrons. The fourth-order valence-corrected chi connectivity index (χ4v) is 4.18. The van der Waals surface area contributed by atoms with Crippen LogP contribution in [-0.4, -0.2) is 25.2 Å². The van der Waals surface area contributed by atoms with Crippen molar-refractivity contribution in [3.63, 3.8) is 0 Å². The summed E-state index contributed by atoms with van der Waals surface area (Å²) in [5.41, 5.74) is 0.559. The van der Waals surface area contributed by atoms with Crippen molar-refractivity contribution in [1.82, 2.24) is 0 Å². The molecule has 0 spiro atoms. The average Bonchev–Trinajstić information content (AvgIpc) is 2.96. The summed E-state index contributed by atoms with van der Waals surface area (Å²) in [6, 6.07) is 23.3. The monoisotopic (exact) mass is 616 g/mol. The van der Waals surface area contributed by atoms with Gasteiger partial charge in [0.15, 0.2) is 0 Å². The second kappa shape index (κ2) is 16.6. The Hall–Kier alpha value is -3.64. The molecule has 12 heteroatoms. The second-order valence-electron chi connectivity index (χ2n) is 7.87. The fourth-order valence-electron chi connectivity index (χ4n) is 3.23. The van der Waals surface area contributed by atoms with Gasteiger partial charge in [-0.25, -0.2) is 21.8 Å². The maximum Gasteiger partial charge on any atom is 0.298 e. The number of aryl methyl sites for hydroxylation is 1. The van der Waals surface area contributed by atoms with Gasteiger partial charge in [-0.2, -0.15) is 8.78 Å². The van der Waals surface area contributed by atoms with Crippen molar-refractivity contribution >= 4 is 23.7 Å². The molecular weight excluding hydrogens is 590 g/mol. The van der Waals surface area contributed by atoms with Crippen molar-refractivity contribution in [2.24, 2.45) is 0 Å². The lowest BCUT2D eigenvalue weighted by atomic mass is 9.99. The number of benzene rings is 4. The minimum Gasteiger partial charge on any atom is -0.497 e. The molecule has 4 aromatic rings. The molecule has 1 unspecified atom stereocenters. The summed E-state index contributed by atoms with van der Waals surface area (Å²) in [6.45, 7) is -1.69. The predicted octanol–water partition coefficient (Wildman–Crippen LogP) is 9.09. The molecule has 0 fully saturated rings. The van der Waals surface area contributed by atoms with Crippen molar-refractivity contribution in [3.8, 4) is 23.0 Å². The minimum absolute atomic E-state index is 0.123. The van der Waals surface area contributed by atoms with Crippen LogP contribution in [-0.2, 0) is 17.0 Å². The van der Waals surface area contributed by atoms with Crippen LogP contribution in [0.3, 0.4) is 0 Å². The Morgan fingerprint density at radius 2 is 1.15 bits per heavy atom. The highest BCUT2D eigenvalue weighted by Gasteiger charge is 2.34. The molecule has 0 saturated heterocycles. The summed E-state index contributed by atoms with van der Waals surface area (Å²) in [4.78, 5) is 0.964. The lowest BCUT2D eigenvalue weighted by Gasteiger charge is -2.18. The molecule has 4 aromatic carbocycles. The van der Waals surface area contributed by atoms with Crippen molar-refractivity contribution in [2.75, 3.05) is 21.0 Å². The molecule has 0 N–H and O–H groups in total. The zero-order valence-electron chi connectivity index (χ0n) is 21.8. The molecule has 1 atom stereocenters. The Morgan fingerprint density at radius 3 is 1.63 bits per heavy atom. The van der Waals surface area contributed by atoms with Crippen molar-refractivity contribution in [3.05, 3.63) is 108 Å². The number of halogens is 6. The molecular formula is C29H26F6O4S2. The largest absolute Gasteiger partial charge is 0.497 e. The third-order valence-corrected chi connectivity index (χ3v) is 6.75. The second-order valence-corrected chi connectivity index (χ2v) is 9.46. The van der Waals surface area contributed by atoms with Crippen molar-refractivity contribution in [1.29, 1.82) is 0 Å². The Morgan fingerprint density at radius 1 is 0.707 bits per heavy atom. The number of thiol groups is 1. The van der Waals surface area contributed by atoms with Gasteiger partial charge in [0.05, 0.1) is 12.0 Å². The third-order valence-electron chi connectivity index (χ3n) is 5.27. The smallest absolute Gasteiger partial charge is 0.298 e. The molecule has 0 amide bonds. The Labute approximate surface area is 242 Å². The molecule has 4 nitrogen and oxygen atoms in total. The van der Waals surface area contributed by atoms with Gasteiger partial charge in [0.25, 0.3) is 5.92 Å². The van der Waals surface area contributed by atoms with E-state index in [9.17, 15) is 30.6 Å². The molecule has 0 aliphatic heterocycles. The molecule has 0 aliphatic rings. The fraction of sp³-hybridized carbons (Fsp3) is 0.172. The summed E-state index contributed by atoms with van der Waals surface area (Å²) in [6.07, 6.45) is 0. The maximum absolute atomic E-state index is 15.0. The molecule has 0 aliphatic carbocycles. The normalized spacial score (nSPS) is 11.2. The van der Waals surface area contributed by atoms with E-state index in [1.165, 1.54) is 36.4 Å². The average molecular weight is 617 g/mol. The van der Waals surface area contributed by atoms with Gasteiger partial charge < -0.3 is 13.7 Å². The zero-order chi connectivity index (χ0) is 30.4. The zero-order valence-corrected chi connectivity index (χ0v) is 23.5. The van der Waals surface area contributed by atoms with Gasteiger partial charge in [0, 0.05) is 16.0 Å². The Balaban J connectivity index is 0.000000901. The van der Waals surface area contributed by atoms with Crippen LogP contribution in [0.5, 0.6) is 23.0 Å². The van der Waals surface area contributed by atoms with Crippen molar-refractivity contribution < 1.29 is 44.2 Å². The highest BCUT2D eigenvalue weighted by Crippen LogP contribution is 2.38. The van der Waals surface area contributed by atoms with Gasteiger partial charge in [-0.15, -0.1) is 12.6 Å². The van der Waals surface area contributed by atoms with Gasteiger partial charge in [-0.1, -0.05) is 12.1 Å². The number of hydrogen-bond acceptors (Lipinski definition) is 5. The first kappa shape index (κ1) is 33.6. The summed E-state index contributed by atoms with van der Waals surface area (Å²) < 4.78 is 97.2. The standard InChI is InChI=1S/C27H22F2O4S2.2CH2F2/c1-18-3-4-20(17-26(18)34)27(28,29)19-5-7-22(8-6-19)32-23-13-15-25(16-14-23)35(30)33-24-11-9-21(31-2)10-12-24;2*2-1-3/h3-17,34H,1-2H3;2*1H2. The molecule has 0 radical (unpaired) electrons. The predicted molar refractivity (Wildman–Crippen MR) is 149 cm³/mol. The van der Waals surface area contributed by atoms with Crippen LogP contribution in [0.15, 0.2) is 101 Å². The van der Waals surface area contributed by atoms with Gasteiger partial charge >= 0.3 is 0 Å². The summed E-state index contributed by atoms with van der Waals surface area (Å²) in [5, 5.41) is 0. The SMILES string of the molecule is COc1ccc(OS(=O)c2ccc(Oc3ccc(C(F)(F)c4ccc(C)c(S)c4)cc3)cc2)cc1.FCF.FCF. The van der Waals surface area contributed by atoms with E-state index >= 15 is 0 Å². The molecule has 0 heterocycles. The lowest BCUT2D eigenvalue weighted by Crippen LogP contribution is -2.15. The van der Waals surface area contributed by atoms with Crippen molar-refractivity contribution in [2.45, 2.75) is 22.6 Å². The maximum atomic E-state index is 15.0. The van der Waals surface area contributed by atoms with Crippen LogP contribution < -0.4 is 13.7 Å². The number of hydrogen-bond donors (Lipinski definition) is 1. The third kappa shape index (κ3) is 10.0. The first-order valence-electron chi connectivity index (χ1n) is 11.6. The number of rotatable bonds is 8. The van der Waals surface area contributed by atoms with Gasteiger partial charge in [-0.3, -0.25) is 0 Å². The number of methoxy groups -OCH3 is 1. The number of ether oxygens (including phenoxy) is 2. The van der Waals surface area contributed by atoms with E-state index in [-0.39, 0.29) is 11.1 Å². The summed E-state index contributed by atoms with van der Waals surface area (Å²) in [7, 11) is 1.56. The first-order valence-corrected chi connectivity index (χ1v) is 13.2. The van der Waals surface area contributed by atoms with E-state index < -0.39 is 30.9 Å². The van der Waals surface area contributed by atoms with Crippen LogP contribution in [0.4, 0.5) is 26.3 Å². The highest BCUT2D eigenvalue weighted by atomic mass is 32.2. The van der Waals surface area contributed by atoms with E-state index in [1.807, 2.05) is 6.92 Å². The summed E-state index contributed by atoms with van der Waals surface area (Å²) >= 11 is 2.53. The number of alkyl halides is 6. The van der Waals surface area contributed by atoms with Crippen LogP contribution in [0.2, 0.25) is 0 Å². The van der Waals surface area contributed by atoms with Crippen LogP contribution in [0.1, 0.15) is 16.7 Å². The topological polar surface area (TPSA) is 44.8 Å². The van der Waals surface area contributed by atoms with Crippen LogP contribution >= 0.6 is 12.6 Å². The van der Waals surface area contributed by atoms with Crippen LogP contribution in [0, 0.1) is 6.92 Å². The molecule has 0 saturated carbocycles. The Kier molecular flexibility index (Phi) is 13.6. The van der Waals surface area contributed by atoms with Crippen LogP contribution in [0.25, 0.3) is 0 Å². The molecule has 41 heavy (non-hydrogen) atoms. The summed E-state index contributed by atoms with van der Waals surface area (Å²) in [5.74, 6) is -1.19. The van der Waals surface area contributed by atoms with E-state index in [0.29, 0.717) is 32.8 Å². The quantitative estimate of drug-likeness (QED) is 0.158. The first-order chi connectivity index (χ1) is 19.6. The van der Waals surface area contributed by atoms with E-state index in [2.05, 4.69) is 12.6 Å². The van der Waals surface area contributed by atoms with E-state index in [1.54, 1.807) is 61.7 Å². The van der Waals surface area contributed by atoms with E-state index in [0.717, 1.165) is 5.56 Å². The highest BCUT2D eigenvalue weighted by molar-refractivity contribution is 7.80. The molecule has 4 rings (SSSR count).